The van der Waals surface area contributed by atoms with Gasteiger partial charge >= 0.3 is 0 Å². The summed E-state index contributed by atoms with van der Waals surface area (Å²) < 4.78 is 0. The van der Waals surface area contributed by atoms with Crippen LogP contribution >= 0.6 is 11.8 Å². The summed E-state index contributed by atoms with van der Waals surface area (Å²) in [6, 6.07) is 8.24. The molecule has 5 heteroatoms. The first-order valence-electron chi connectivity index (χ1n) is 8.25. The first kappa shape index (κ1) is 17.9. The van der Waals surface area contributed by atoms with Gasteiger partial charge in [0.25, 0.3) is 0 Å². The molecule has 0 saturated carbocycles. The Morgan fingerprint density at radius 3 is 2.61 bits per heavy atom. The number of carbonyl (C=O) groups is 2. The number of aryl methyl sites for hydroxylation is 1. The molecule has 126 valence electrons. The number of carbonyl (C=O) groups excluding carboxylic acids is 2. The highest BCUT2D eigenvalue weighted by Crippen LogP contribution is 2.44. The smallest absolute Gasteiger partial charge is 0.237 e. The number of likely N-dealkylation sites (N-methyl/N-ethyl adjacent to an activating group) is 1. The second-order valence-electron chi connectivity index (χ2n) is 5.94. The van der Waals surface area contributed by atoms with Gasteiger partial charge < -0.3 is 9.80 Å². The fraction of sp³-hybridized carbons (Fsp3) is 0.556. The molecular weight excluding hydrogens is 308 g/mol. The zero-order valence-corrected chi connectivity index (χ0v) is 15.2. The Hall–Kier alpha value is -1.49. The molecule has 2 unspecified atom stereocenters. The third-order valence-electron chi connectivity index (χ3n) is 4.36. The lowest BCUT2D eigenvalue weighted by molar-refractivity contribution is -0.133. The Labute approximate surface area is 143 Å². The molecule has 0 spiro atoms. The number of amides is 2. The van der Waals surface area contributed by atoms with Gasteiger partial charge in [0.05, 0.1) is 5.25 Å². The van der Waals surface area contributed by atoms with E-state index in [2.05, 4.69) is 26.0 Å². The van der Waals surface area contributed by atoms with Crippen LogP contribution in [0, 0.1) is 6.92 Å². The van der Waals surface area contributed by atoms with E-state index in [1.54, 1.807) is 23.7 Å². The van der Waals surface area contributed by atoms with Crippen LogP contribution in [-0.2, 0) is 9.59 Å². The Morgan fingerprint density at radius 1 is 1.30 bits per heavy atom. The third-order valence-corrected chi connectivity index (χ3v) is 5.99. The van der Waals surface area contributed by atoms with Crippen molar-refractivity contribution in [1.82, 2.24) is 9.80 Å². The molecule has 1 aromatic rings. The fourth-order valence-electron chi connectivity index (χ4n) is 2.84. The van der Waals surface area contributed by atoms with Gasteiger partial charge in [-0.3, -0.25) is 9.59 Å². The highest BCUT2D eigenvalue weighted by atomic mass is 32.2. The van der Waals surface area contributed by atoms with Gasteiger partial charge in [-0.05, 0) is 24.5 Å². The summed E-state index contributed by atoms with van der Waals surface area (Å²) in [7, 11) is 1.81. The van der Waals surface area contributed by atoms with Gasteiger partial charge in [0.2, 0.25) is 11.8 Å². The fourth-order valence-corrected chi connectivity index (χ4v) is 4.37. The van der Waals surface area contributed by atoms with Crippen molar-refractivity contribution in [3.05, 3.63) is 35.4 Å². The van der Waals surface area contributed by atoms with E-state index in [-0.39, 0.29) is 22.4 Å². The molecule has 0 radical (unpaired) electrons. The zero-order valence-electron chi connectivity index (χ0n) is 14.4. The van der Waals surface area contributed by atoms with Crippen LogP contribution < -0.4 is 0 Å². The van der Waals surface area contributed by atoms with Crippen LogP contribution in [0.5, 0.6) is 0 Å². The van der Waals surface area contributed by atoms with Crippen molar-refractivity contribution >= 4 is 23.6 Å². The van der Waals surface area contributed by atoms with Crippen molar-refractivity contribution in [3.8, 4) is 0 Å². The lowest BCUT2D eigenvalue weighted by Crippen LogP contribution is -2.39. The summed E-state index contributed by atoms with van der Waals surface area (Å²) >= 11 is 1.73. The Morgan fingerprint density at radius 2 is 2.00 bits per heavy atom. The molecule has 23 heavy (non-hydrogen) atoms. The second kappa shape index (κ2) is 7.86. The van der Waals surface area contributed by atoms with Crippen LogP contribution in [-0.4, -0.2) is 47.0 Å². The molecule has 1 aromatic carbocycles. The highest BCUT2D eigenvalue weighted by molar-refractivity contribution is 8.01. The van der Waals surface area contributed by atoms with E-state index in [1.165, 1.54) is 11.1 Å². The van der Waals surface area contributed by atoms with Crippen LogP contribution in [0.3, 0.4) is 0 Å². The van der Waals surface area contributed by atoms with Crippen molar-refractivity contribution in [2.24, 2.45) is 0 Å². The molecule has 1 heterocycles. The Balaban J connectivity index is 2.17. The van der Waals surface area contributed by atoms with Gasteiger partial charge in [0.1, 0.15) is 5.37 Å². The van der Waals surface area contributed by atoms with Crippen LogP contribution in [0.1, 0.15) is 43.2 Å². The summed E-state index contributed by atoms with van der Waals surface area (Å²) in [6.07, 6.45) is 1.34. The maximum Gasteiger partial charge on any atom is 0.237 e. The van der Waals surface area contributed by atoms with Gasteiger partial charge in [-0.15, -0.1) is 11.8 Å². The van der Waals surface area contributed by atoms with E-state index in [0.29, 0.717) is 19.5 Å². The lowest BCUT2D eigenvalue weighted by Gasteiger charge is -2.27. The van der Waals surface area contributed by atoms with E-state index in [9.17, 15) is 9.59 Å². The molecule has 1 aliphatic heterocycles. The van der Waals surface area contributed by atoms with Crippen molar-refractivity contribution in [3.63, 3.8) is 0 Å². The number of rotatable bonds is 6. The van der Waals surface area contributed by atoms with Gasteiger partial charge in [0, 0.05) is 26.6 Å². The van der Waals surface area contributed by atoms with Crippen molar-refractivity contribution < 1.29 is 9.59 Å². The zero-order chi connectivity index (χ0) is 17.0. The Kier molecular flexibility index (Phi) is 6.10. The van der Waals surface area contributed by atoms with Crippen LogP contribution in [0.25, 0.3) is 0 Å². The maximum absolute atomic E-state index is 12.7. The average molecular weight is 334 g/mol. The second-order valence-corrected chi connectivity index (χ2v) is 7.23. The molecule has 4 nitrogen and oxygen atoms in total. The molecule has 0 aromatic heterocycles. The monoisotopic (exact) mass is 334 g/mol. The van der Waals surface area contributed by atoms with E-state index in [0.717, 1.165) is 6.42 Å². The largest absolute Gasteiger partial charge is 0.344 e. The topological polar surface area (TPSA) is 40.6 Å². The van der Waals surface area contributed by atoms with Crippen molar-refractivity contribution in [1.29, 1.82) is 0 Å². The van der Waals surface area contributed by atoms with E-state index < -0.39 is 0 Å². The number of benzene rings is 1. The minimum atomic E-state index is 0.0202. The minimum Gasteiger partial charge on any atom is -0.344 e. The molecule has 1 saturated heterocycles. The molecule has 0 bridgehead atoms. The number of hydrogen-bond donors (Lipinski definition) is 0. The third kappa shape index (κ3) is 3.89. The van der Waals surface area contributed by atoms with Crippen molar-refractivity contribution in [2.45, 2.75) is 44.2 Å². The summed E-state index contributed by atoms with van der Waals surface area (Å²) in [4.78, 5) is 28.1. The molecule has 2 rings (SSSR count). The molecular formula is C18H26N2O2S. The number of thioether (sulfide) groups is 1. The predicted molar refractivity (Wildman–Crippen MR) is 95.2 cm³/mol. The molecule has 0 N–H and O–H groups in total. The SMILES string of the molecule is CCC(=O)N(C)CCN1C(=O)C(CC)SC1c1ccccc1C. The normalized spacial score (nSPS) is 20.9. The van der Waals surface area contributed by atoms with Gasteiger partial charge in [-0.2, -0.15) is 0 Å². The molecule has 2 amide bonds. The quantitative estimate of drug-likeness (QED) is 0.802. The van der Waals surface area contributed by atoms with E-state index in [4.69, 9.17) is 0 Å². The number of nitrogens with zero attached hydrogens (tertiary/aromatic N) is 2. The lowest BCUT2D eigenvalue weighted by atomic mass is 10.1. The average Bonchev–Trinajstić information content (AvgIpc) is 2.88. The van der Waals surface area contributed by atoms with Gasteiger partial charge in [-0.25, -0.2) is 0 Å². The maximum atomic E-state index is 12.7. The van der Waals surface area contributed by atoms with Crippen molar-refractivity contribution in [2.75, 3.05) is 20.1 Å². The molecule has 2 atom stereocenters. The first-order valence-corrected chi connectivity index (χ1v) is 9.19. The summed E-state index contributed by atoms with van der Waals surface area (Å²) in [5.41, 5.74) is 2.41. The molecule has 1 aliphatic rings. The summed E-state index contributed by atoms with van der Waals surface area (Å²) in [5.74, 6) is 0.312. The minimum absolute atomic E-state index is 0.0202. The standard InChI is InChI=1S/C18H26N2O2S/c1-5-15-17(22)20(12-11-19(4)16(21)6-2)18(23-15)14-10-8-7-9-13(14)3/h7-10,15,18H,5-6,11-12H2,1-4H3. The van der Waals surface area contributed by atoms with Crippen LogP contribution in [0.4, 0.5) is 0 Å². The van der Waals surface area contributed by atoms with Crippen LogP contribution in [0.15, 0.2) is 24.3 Å². The first-order chi connectivity index (χ1) is 11.0. The summed E-state index contributed by atoms with van der Waals surface area (Å²) in [5, 5.41) is 0.0746. The van der Waals surface area contributed by atoms with Gasteiger partial charge in [0.15, 0.2) is 0 Å². The molecule has 0 aliphatic carbocycles. The van der Waals surface area contributed by atoms with Crippen LogP contribution in [0.2, 0.25) is 0 Å². The summed E-state index contributed by atoms with van der Waals surface area (Å²) in [6.45, 7) is 7.17. The number of hydrogen-bond acceptors (Lipinski definition) is 3. The van der Waals surface area contributed by atoms with E-state index >= 15 is 0 Å². The predicted octanol–water partition coefficient (Wildman–Crippen LogP) is 3.22. The molecule has 1 fully saturated rings. The van der Waals surface area contributed by atoms with E-state index in [1.807, 2.05) is 24.0 Å². The highest BCUT2D eigenvalue weighted by Gasteiger charge is 2.40. The Bertz CT molecular complexity index is 576. The van der Waals surface area contributed by atoms with Gasteiger partial charge in [-0.1, -0.05) is 38.1 Å².